The molecule has 1 amide bonds. The van der Waals surface area contributed by atoms with Gasteiger partial charge in [-0.15, -0.1) is 36.2 Å². The van der Waals surface area contributed by atoms with E-state index < -0.39 is 0 Å². The minimum atomic E-state index is 0. The number of aromatic nitrogens is 1. The van der Waals surface area contributed by atoms with Crippen molar-refractivity contribution < 1.29 is 4.79 Å². The largest absolute Gasteiger partial charge is 0.338 e. The lowest BCUT2D eigenvalue weighted by molar-refractivity contribution is 0.0709. The van der Waals surface area contributed by atoms with Crippen molar-refractivity contribution in [3.05, 3.63) is 40.9 Å². The van der Waals surface area contributed by atoms with E-state index in [9.17, 15) is 4.79 Å². The third-order valence-electron chi connectivity index (χ3n) is 5.19. The lowest BCUT2D eigenvalue weighted by Gasteiger charge is -2.32. The van der Waals surface area contributed by atoms with Crippen molar-refractivity contribution in [2.45, 2.75) is 38.6 Å². The molecular formula is C20H27Cl2N3OS. The normalized spacial score (nSPS) is 17.1. The van der Waals surface area contributed by atoms with Crippen molar-refractivity contribution in [3.8, 4) is 10.6 Å². The summed E-state index contributed by atoms with van der Waals surface area (Å²) in [6.45, 7) is 4.80. The first kappa shape index (κ1) is 22.2. The molecule has 4 nitrogen and oxygen atoms in total. The van der Waals surface area contributed by atoms with Gasteiger partial charge in [0.2, 0.25) is 0 Å². The monoisotopic (exact) mass is 427 g/mol. The summed E-state index contributed by atoms with van der Waals surface area (Å²) >= 11 is 1.52. The highest BCUT2D eigenvalue weighted by molar-refractivity contribution is 7.17. The van der Waals surface area contributed by atoms with Gasteiger partial charge in [-0.3, -0.25) is 4.79 Å². The van der Waals surface area contributed by atoms with Gasteiger partial charge in [-0.2, -0.15) is 0 Å². The molecule has 0 spiro atoms. The average molecular weight is 428 g/mol. The molecule has 1 saturated carbocycles. The molecule has 0 unspecified atom stereocenters. The van der Waals surface area contributed by atoms with E-state index in [0.717, 1.165) is 59.5 Å². The van der Waals surface area contributed by atoms with E-state index in [1.54, 1.807) is 0 Å². The van der Waals surface area contributed by atoms with Gasteiger partial charge in [-0.1, -0.05) is 30.3 Å². The quantitative estimate of drug-likeness (QED) is 0.759. The fourth-order valence-corrected chi connectivity index (χ4v) is 4.42. The van der Waals surface area contributed by atoms with Crippen molar-refractivity contribution >= 4 is 42.1 Å². The number of benzene rings is 1. The van der Waals surface area contributed by atoms with Crippen molar-refractivity contribution in [2.24, 2.45) is 5.92 Å². The molecular weight excluding hydrogens is 401 g/mol. The Morgan fingerprint density at radius 2 is 1.81 bits per heavy atom. The van der Waals surface area contributed by atoms with Gasteiger partial charge in [-0.05, 0) is 45.1 Å². The molecule has 1 aromatic carbocycles. The molecule has 148 valence electrons. The van der Waals surface area contributed by atoms with Gasteiger partial charge < -0.3 is 10.2 Å². The fraction of sp³-hybridized carbons (Fsp3) is 0.500. The zero-order valence-electron chi connectivity index (χ0n) is 15.5. The van der Waals surface area contributed by atoms with Crippen LogP contribution < -0.4 is 5.32 Å². The second-order valence-electron chi connectivity index (χ2n) is 7.22. The van der Waals surface area contributed by atoms with Crippen molar-refractivity contribution in [3.63, 3.8) is 0 Å². The predicted molar refractivity (Wildman–Crippen MR) is 116 cm³/mol. The van der Waals surface area contributed by atoms with Crippen LogP contribution >= 0.6 is 36.2 Å². The molecule has 1 aliphatic heterocycles. The summed E-state index contributed by atoms with van der Waals surface area (Å²) in [5.74, 6) is 1.06. The average Bonchev–Trinajstić information content (AvgIpc) is 3.41. The number of hydrogen-bond acceptors (Lipinski definition) is 4. The Balaban J connectivity index is 0.00000131. The number of piperidine rings is 1. The molecule has 0 radical (unpaired) electrons. The molecule has 1 saturated heterocycles. The summed E-state index contributed by atoms with van der Waals surface area (Å²) in [4.78, 5) is 20.3. The Morgan fingerprint density at radius 1 is 1.15 bits per heavy atom. The summed E-state index contributed by atoms with van der Waals surface area (Å²) in [6.07, 6.45) is 4.89. The number of thiazole rings is 1. The van der Waals surface area contributed by atoms with Crippen LogP contribution in [-0.2, 0) is 0 Å². The molecule has 2 aromatic rings. The van der Waals surface area contributed by atoms with E-state index in [0.29, 0.717) is 6.04 Å². The number of likely N-dealkylation sites (tertiary alicyclic amines) is 1. The predicted octanol–water partition coefficient (Wildman–Crippen LogP) is 4.57. The lowest BCUT2D eigenvalue weighted by atomic mass is 10.0. The van der Waals surface area contributed by atoms with Gasteiger partial charge in [0.05, 0.1) is 5.69 Å². The third-order valence-corrected chi connectivity index (χ3v) is 6.38. The zero-order chi connectivity index (χ0) is 17.2. The highest BCUT2D eigenvalue weighted by atomic mass is 35.5. The van der Waals surface area contributed by atoms with Crippen LogP contribution in [0, 0.1) is 12.8 Å². The maximum Gasteiger partial charge on any atom is 0.265 e. The Hall–Kier alpha value is -1.14. The van der Waals surface area contributed by atoms with E-state index in [1.165, 1.54) is 24.2 Å². The standard InChI is InChI=1S/C20H25N3OS.2ClH/c1-14-18(25-19(22-14)16-5-3-2-4-6-16)20(24)23-11-9-17(10-12-23)21-13-15-7-8-15;;/h2-6,15,17,21H,7-13H2,1H3;2*1H. The first-order valence-electron chi connectivity index (χ1n) is 9.26. The second-order valence-corrected chi connectivity index (χ2v) is 8.22. The van der Waals surface area contributed by atoms with Crippen molar-refractivity contribution in [2.75, 3.05) is 19.6 Å². The van der Waals surface area contributed by atoms with Gasteiger partial charge in [-0.25, -0.2) is 4.98 Å². The number of nitrogens with one attached hydrogen (secondary N) is 1. The molecule has 2 heterocycles. The van der Waals surface area contributed by atoms with E-state index in [4.69, 9.17) is 0 Å². The summed E-state index contributed by atoms with van der Waals surface area (Å²) < 4.78 is 0. The summed E-state index contributed by atoms with van der Waals surface area (Å²) in [7, 11) is 0. The Bertz CT molecular complexity index is 741. The minimum Gasteiger partial charge on any atom is -0.338 e. The molecule has 2 aliphatic rings. The van der Waals surface area contributed by atoms with Gasteiger partial charge in [0.1, 0.15) is 9.88 Å². The summed E-state index contributed by atoms with van der Waals surface area (Å²) in [5, 5.41) is 4.60. The molecule has 2 fully saturated rings. The first-order chi connectivity index (χ1) is 12.2. The Kier molecular flexibility index (Phi) is 8.10. The SMILES string of the molecule is Cc1nc(-c2ccccc2)sc1C(=O)N1CCC(NCC2CC2)CC1.Cl.Cl. The molecule has 7 heteroatoms. The number of carbonyl (C=O) groups is 1. The third kappa shape index (κ3) is 5.44. The highest BCUT2D eigenvalue weighted by Gasteiger charge is 2.28. The molecule has 1 aliphatic carbocycles. The van der Waals surface area contributed by atoms with E-state index >= 15 is 0 Å². The summed E-state index contributed by atoms with van der Waals surface area (Å²) in [6, 6.07) is 10.7. The van der Waals surface area contributed by atoms with E-state index in [-0.39, 0.29) is 30.7 Å². The number of nitrogens with zero attached hydrogens (tertiary/aromatic N) is 2. The molecule has 1 N–H and O–H groups in total. The summed E-state index contributed by atoms with van der Waals surface area (Å²) in [5.41, 5.74) is 1.93. The Morgan fingerprint density at radius 3 is 2.44 bits per heavy atom. The van der Waals surface area contributed by atoms with Crippen LogP contribution in [0.3, 0.4) is 0 Å². The molecule has 0 atom stereocenters. The van der Waals surface area contributed by atoms with E-state index in [2.05, 4.69) is 10.3 Å². The van der Waals surface area contributed by atoms with Crippen molar-refractivity contribution in [1.82, 2.24) is 15.2 Å². The van der Waals surface area contributed by atoms with Crippen molar-refractivity contribution in [1.29, 1.82) is 0 Å². The van der Waals surface area contributed by atoms with Crippen LogP contribution in [-0.4, -0.2) is 41.5 Å². The number of amides is 1. The first-order valence-corrected chi connectivity index (χ1v) is 10.1. The highest BCUT2D eigenvalue weighted by Crippen LogP contribution is 2.30. The molecule has 27 heavy (non-hydrogen) atoms. The number of rotatable bonds is 5. The van der Waals surface area contributed by atoms with Crippen LogP contribution in [0.15, 0.2) is 30.3 Å². The van der Waals surface area contributed by atoms with Crippen LogP contribution in [0.4, 0.5) is 0 Å². The van der Waals surface area contributed by atoms with Crippen LogP contribution in [0.25, 0.3) is 10.6 Å². The maximum absolute atomic E-state index is 12.9. The zero-order valence-corrected chi connectivity index (χ0v) is 18.0. The van der Waals surface area contributed by atoms with Crippen LogP contribution in [0.5, 0.6) is 0 Å². The lowest BCUT2D eigenvalue weighted by Crippen LogP contribution is -2.45. The maximum atomic E-state index is 12.9. The van der Waals surface area contributed by atoms with Gasteiger partial charge in [0, 0.05) is 24.7 Å². The van der Waals surface area contributed by atoms with Gasteiger partial charge >= 0.3 is 0 Å². The minimum absolute atomic E-state index is 0. The second kappa shape index (κ2) is 9.87. The topological polar surface area (TPSA) is 45.2 Å². The van der Waals surface area contributed by atoms with Crippen LogP contribution in [0.2, 0.25) is 0 Å². The Labute approximate surface area is 177 Å². The smallest absolute Gasteiger partial charge is 0.265 e. The van der Waals surface area contributed by atoms with E-state index in [1.807, 2.05) is 42.2 Å². The number of halogens is 2. The van der Waals surface area contributed by atoms with Crippen LogP contribution in [0.1, 0.15) is 41.0 Å². The fourth-order valence-electron chi connectivity index (χ4n) is 3.38. The van der Waals surface area contributed by atoms with Gasteiger partial charge in [0.15, 0.2) is 0 Å². The molecule has 1 aromatic heterocycles. The molecule has 4 rings (SSSR count). The molecule has 0 bridgehead atoms. The number of hydrogen-bond donors (Lipinski definition) is 1. The number of carbonyl (C=O) groups excluding carboxylic acids is 1. The van der Waals surface area contributed by atoms with Gasteiger partial charge in [0.25, 0.3) is 5.91 Å². The number of aryl methyl sites for hydroxylation is 1.